The maximum atomic E-state index is 13.6. The first-order valence-corrected chi connectivity index (χ1v) is 16.5. The zero-order valence-corrected chi connectivity index (χ0v) is 29.0. The van der Waals surface area contributed by atoms with Gasteiger partial charge in [0.1, 0.15) is 18.2 Å². The number of carboxylic acids is 1. The minimum absolute atomic E-state index is 0.170. The van der Waals surface area contributed by atoms with Gasteiger partial charge in [-0.1, -0.05) is 57.9 Å². The Morgan fingerprint density at radius 2 is 1.98 bits per heavy atom. The Labute approximate surface area is 280 Å². The Hall–Kier alpha value is -3.62. The van der Waals surface area contributed by atoms with Crippen molar-refractivity contribution in [3.8, 4) is 0 Å². The molecule has 0 amide bonds. The molecule has 0 bridgehead atoms. The van der Waals surface area contributed by atoms with Crippen LogP contribution in [0.5, 0.6) is 0 Å². The van der Waals surface area contributed by atoms with Gasteiger partial charge in [-0.2, -0.15) is 0 Å². The molecule has 7 nitrogen and oxygen atoms in total. The smallest absolute Gasteiger partial charge is 0.335 e. The average molecular weight is 658 g/mol. The number of halogens is 2. The lowest BCUT2D eigenvalue weighted by molar-refractivity contribution is 0.0594. The molecule has 1 saturated heterocycles. The van der Waals surface area contributed by atoms with Crippen LogP contribution in [0.4, 0.5) is 15.8 Å². The van der Waals surface area contributed by atoms with E-state index in [1.54, 1.807) is 42.6 Å². The quantitative estimate of drug-likeness (QED) is 0.0408. The highest BCUT2D eigenvalue weighted by Crippen LogP contribution is 2.28. The number of nitrogens with zero attached hydrogens (tertiary/aromatic N) is 2. The van der Waals surface area contributed by atoms with Crippen LogP contribution in [0, 0.1) is 0 Å². The van der Waals surface area contributed by atoms with Gasteiger partial charge in [0.25, 0.3) is 0 Å². The highest BCUT2D eigenvalue weighted by Gasteiger charge is 2.10. The van der Waals surface area contributed by atoms with Crippen LogP contribution in [0.3, 0.4) is 0 Å². The lowest BCUT2D eigenvalue weighted by atomic mass is 10.1. The van der Waals surface area contributed by atoms with E-state index in [1.165, 1.54) is 19.4 Å². The Morgan fingerprint density at radius 1 is 1.24 bits per heavy atom. The van der Waals surface area contributed by atoms with Crippen LogP contribution in [0.2, 0.25) is 0 Å². The molecular weight excluding hydrogens is 605 g/mol. The largest absolute Gasteiger partial charge is 0.489 e. The number of benzene rings is 1. The van der Waals surface area contributed by atoms with E-state index in [2.05, 4.69) is 41.8 Å². The van der Waals surface area contributed by atoms with Crippen molar-refractivity contribution in [3.63, 3.8) is 0 Å². The van der Waals surface area contributed by atoms with E-state index in [4.69, 9.17) is 21.1 Å². The molecule has 0 spiro atoms. The van der Waals surface area contributed by atoms with Crippen molar-refractivity contribution in [1.82, 2.24) is 4.90 Å². The number of carbonyl (C=O) groups is 1. The summed E-state index contributed by atoms with van der Waals surface area (Å²) < 4.78 is 24.5. The predicted octanol–water partition coefficient (Wildman–Crippen LogP) is 9.78. The van der Waals surface area contributed by atoms with Crippen LogP contribution in [-0.4, -0.2) is 67.0 Å². The maximum absolute atomic E-state index is 13.6. The zero-order valence-electron chi connectivity index (χ0n) is 28.2. The number of aliphatic imine (C=N–C) groups is 1. The Morgan fingerprint density at radius 3 is 2.59 bits per heavy atom. The number of nitrogens with one attached hydrogen (secondary N) is 1. The zero-order chi connectivity index (χ0) is 34.2. The molecule has 1 heterocycles. The molecule has 2 N–H and O–H groups in total. The fraction of sp³-hybridized carbons (Fsp3) is 0.459. The number of ether oxygens (including phenoxy) is 2. The molecule has 1 fully saturated rings. The van der Waals surface area contributed by atoms with Crippen LogP contribution >= 0.6 is 11.6 Å². The summed E-state index contributed by atoms with van der Waals surface area (Å²) in [5.41, 5.74) is 3.32. The first-order chi connectivity index (χ1) is 22.1. The molecule has 0 radical (unpaired) electrons. The third-order valence-corrected chi connectivity index (χ3v) is 7.02. The number of alkyl halides is 1. The van der Waals surface area contributed by atoms with E-state index in [0.29, 0.717) is 23.9 Å². The molecule has 9 heteroatoms. The van der Waals surface area contributed by atoms with Crippen molar-refractivity contribution in [3.05, 3.63) is 95.7 Å². The van der Waals surface area contributed by atoms with Crippen molar-refractivity contribution in [2.75, 3.05) is 44.1 Å². The summed E-state index contributed by atoms with van der Waals surface area (Å²) in [5, 5.41) is 12.9. The van der Waals surface area contributed by atoms with Crippen molar-refractivity contribution in [2.24, 2.45) is 4.99 Å². The highest BCUT2D eigenvalue weighted by atomic mass is 35.5. The van der Waals surface area contributed by atoms with Crippen LogP contribution in [-0.2, 0) is 9.47 Å². The molecule has 46 heavy (non-hydrogen) atoms. The Bertz CT molecular complexity index is 1240. The molecule has 2 rings (SSSR count). The van der Waals surface area contributed by atoms with Gasteiger partial charge in [-0.3, -0.25) is 4.99 Å². The normalized spacial score (nSPS) is 15.5. The number of hydrogen-bond donors (Lipinski definition) is 2. The Balaban J connectivity index is 0.000000892. The van der Waals surface area contributed by atoms with Gasteiger partial charge in [-0.05, 0) is 81.3 Å². The minimum Gasteiger partial charge on any atom is -0.489 e. The molecule has 1 aromatic carbocycles. The van der Waals surface area contributed by atoms with E-state index in [1.807, 2.05) is 26.0 Å². The summed E-state index contributed by atoms with van der Waals surface area (Å²) in [6, 6.07) is 5.12. The average Bonchev–Trinajstić information content (AvgIpc) is 3.04. The lowest BCUT2D eigenvalue weighted by Crippen LogP contribution is -2.31. The third kappa shape index (κ3) is 18.4. The monoisotopic (exact) mass is 657 g/mol. The topological polar surface area (TPSA) is 83.4 Å². The summed E-state index contributed by atoms with van der Waals surface area (Å²) in [5.74, 6) is -0.590. The van der Waals surface area contributed by atoms with Gasteiger partial charge in [0, 0.05) is 37.3 Å². The van der Waals surface area contributed by atoms with E-state index < -0.39 is 5.97 Å². The molecule has 1 aliphatic heterocycles. The van der Waals surface area contributed by atoms with E-state index >= 15 is 0 Å². The number of unbranched alkanes of at least 4 members (excludes halogenated alkanes) is 2. The maximum Gasteiger partial charge on any atom is 0.335 e. The SMILES string of the molecule is C=C/C=C/N1CCOCC1.CCCCCC(C)Nc1ccc(C(=O)O)cc1N=C/C(C)=C/C=C(\C=C(/C)F)OC/C(=C/CCl)CC. The van der Waals surface area contributed by atoms with Crippen LogP contribution in [0.25, 0.3) is 0 Å². The van der Waals surface area contributed by atoms with Crippen molar-refractivity contribution in [2.45, 2.75) is 72.8 Å². The standard InChI is InChI=1S/C29H40ClFN2O3.C8H13NO/c1-6-8-9-10-23(5)33-27-14-12-25(29(34)35)18-28(27)32-19-21(3)11-13-26(17-22(4)31)36-20-24(7-2)15-16-30;1-2-3-4-9-5-7-10-8-6-9/h11-15,17-19,23,33H,6-10,16,20H2,1-5H3,(H,34,35);2-4H,1,5-8H2/b21-11+,22-17+,24-15+,26-13+,32-19?;4-3+. The molecule has 1 unspecified atom stereocenters. The van der Waals surface area contributed by atoms with Crippen molar-refractivity contribution < 1.29 is 23.8 Å². The van der Waals surface area contributed by atoms with E-state index in [-0.39, 0.29) is 17.4 Å². The van der Waals surface area contributed by atoms with Gasteiger partial charge in [-0.15, -0.1) is 11.6 Å². The predicted molar refractivity (Wildman–Crippen MR) is 192 cm³/mol. The molecule has 0 aromatic heterocycles. The summed E-state index contributed by atoms with van der Waals surface area (Å²) in [6.07, 6.45) is 19.4. The number of allylic oxidation sites excluding steroid dienone is 8. The number of hydrogen-bond acceptors (Lipinski definition) is 6. The van der Waals surface area contributed by atoms with Gasteiger partial charge >= 0.3 is 5.97 Å². The van der Waals surface area contributed by atoms with Gasteiger partial charge in [0.05, 0.1) is 30.2 Å². The minimum atomic E-state index is -1.01. The summed E-state index contributed by atoms with van der Waals surface area (Å²) in [4.78, 5) is 18.3. The summed E-state index contributed by atoms with van der Waals surface area (Å²) in [6.45, 7) is 17.1. The fourth-order valence-electron chi connectivity index (χ4n) is 4.19. The second-order valence-electron chi connectivity index (χ2n) is 10.9. The number of rotatable bonds is 18. The number of aromatic carboxylic acids is 1. The molecule has 0 saturated carbocycles. The summed E-state index contributed by atoms with van der Waals surface area (Å²) in [7, 11) is 0. The number of anilines is 1. The van der Waals surface area contributed by atoms with Crippen molar-refractivity contribution >= 4 is 35.2 Å². The second kappa shape index (κ2) is 24.6. The van der Waals surface area contributed by atoms with E-state index in [0.717, 1.165) is 68.8 Å². The molecule has 1 aromatic rings. The third-order valence-electron chi connectivity index (χ3n) is 6.87. The molecule has 254 valence electrons. The van der Waals surface area contributed by atoms with Crippen LogP contribution in [0.15, 0.2) is 95.2 Å². The van der Waals surface area contributed by atoms with Gasteiger partial charge < -0.3 is 24.8 Å². The van der Waals surface area contributed by atoms with E-state index in [9.17, 15) is 14.3 Å². The molecular formula is C37H53ClFN3O4. The fourth-order valence-corrected chi connectivity index (χ4v) is 4.41. The Kier molecular flexibility index (Phi) is 21.6. The molecule has 1 atom stereocenters. The van der Waals surface area contributed by atoms with Crippen molar-refractivity contribution in [1.29, 1.82) is 0 Å². The number of carboxylic acid groups (broad SMARTS) is 1. The highest BCUT2D eigenvalue weighted by molar-refractivity contribution is 6.18. The molecule has 0 aliphatic carbocycles. The van der Waals surface area contributed by atoms with Gasteiger partial charge in [-0.25, -0.2) is 9.18 Å². The van der Waals surface area contributed by atoms with Gasteiger partial charge in [0.15, 0.2) is 0 Å². The molecule has 1 aliphatic rings. The summed E-state index contributed by atoms with van der Waals surface area (Å²) >= 11 is 5.78. The first-order valence-electron chi connectivity index (χ1n) is 16.0. The number of morpholine rings is 1. The van der Waals surface area contributed by atoms with Crippen LogP contribution < -0.4 is 5.32 Å². The van der Waals surface area contributed by atoms with Crippen LogP contribution in [0.1, 0.15) is 77.1 Å². The van der Waals surface area contributed by atoms with Gasteiger partial charge in [0.2, 0.25) is 0 Å². The first kappa shape index (κ1) is 40.4. The lowest BCUT2D eigenvalue weighted by Gasteiger charge is -2.24. The second-order valence-corrected chi connectivity index (χ2v) is 11.2.